The predicted molar refractivity (Wildman–Crippen MR) is 62.7 cm³/mol. The Balaban J connectivity index is 3.25. The number of benzene rings is 1. The Morgan fingerprint density at radius 2 is 2.06 bits per heavy atom. The Bertz CT molecular complexity index is 396. The minimum Gasteiger partial charge on any atom is -0.496 e. The van der Waals surface area contributed by atoms with Crippen molar-refractivity contribution in [1.29, 1.82) is 0 Å². The highest BCUT2D eigenvalue weighted by Gasteiger charge is 2.21. The molecule has 0 spiro atoms. The zero-order valence-electron chi connectivity index (χ0n) is 10.2. The molecule has 0 aliphatic rings. The molecule has 0 heterocycles. The first-order valence-corrected chi connectivity index (χ1v) is 5.37. The van der Waals surface area contributed by atoms with Crippen LogP contribution in [0.15, 0.2) is 12.1 Å². The van der Waals surface area contributed by atoms with Gasteiger partial charge in [-0.1, -0.05) is 18.6 Å². The molecule has 1 atom stereocenters. The van der Waals surface area contributed by atoms with E-state index in [0.717, 1.165) is 11.1 Å². The number of aryl methyl sites for hydroxylation is 2. The molecule has 1 rings (SSSR count). The lowest BCUT2D eigenvalue weighted by molar-refractivity contribution is -0.127. The average molecular weight is 222 g/mol. The molecule has 1 unspecified atom stereocenters. The van der Waals surface area contributed by atoms with Gasteiger partial charge in [-0.3, -0.25) is 4.79 Å². The molecule has 88 valence electrons. The van der Waals surface area contributed by atoms with Gasteiger partial charge in [0.1, 0.15) is 11.9 Å². The number of carbonyl (C=O) groups is 1. The molecule has 1 aromatic rings. The lowest BCUT2D eigenvalue weighted by Gasteiger charge is -2.16. The van der Waals surface area contributed by atoms with Gasteiger partial charge >= 0.3 is 0 Å². The van der Waals surface area contributed by atoms with Crippen LogP contribution in [-0.4, -0.2) is 18.0 Å². The Kier molecular flexibility index (Phi) is 4.07. The topological polar surface area (TPSA) is 46.5 Å². The second-order valence-electron chi connectivity index (χ2n) is 3.93. The fourth-order valence-electron chi connectivity index (χ4n) is 1.84. The number of carbonyl (C=O) groups excluding carboxylic acids is 1. The summed E-state index contributed by atoms with van der Waals surface area (Å²) >= 11 is 0. The molecule has 0 aliphatic heterocycles. The normalized spacial score (nSPS) is 12.3. The van der Waals surface area contributed by atoms with Crippen molar-refractivity contribution in [3.8, 4) is 5.75 Å². The zero-order valence-corrected chi connectivity index (χ0v) is 10.2. The van der Waals surface area contributed by atoms with Crippen LogP contribution in [-0.2, 0) is 4.79 Å². The summed E-state index contributed by atoms with van der Waals surface area (Å²) in [4.78, 5) is 11.5. The summed E-state index contributed by atoms with van der Waals surface area (Å²) in [5, 5.41) is 9.92. The van der Waals surface area contributed by atoms with Crippen LogP contribution in [0.1, 0.15) is 36.1 Å². The molecule has 0 saturated carbocycles. The van der Waals surface area contributed by atoms with Crippen molar-refractivity contribution in [3.05, 3.63) is 28.8 Å². The second kappa shape index (κ2) is 5.12. The number of Topliss-reactive ketones (excluding diaryl/α,β-unsaturated/α-hetero) is 1. The van der Waals surface area contributed by atoms with Gasteiger partial charge in [0.2, 0.25) is 0 Å². The molecule has 1 N–H and O–H groups in total. The minimum atomic E-state index is -1.08. The van der Waals surface area contributed by atoms with Gasteiger partial charge < -0.3 is 9.84 Å². The lowest BCUT2D eigenvalue weighted by Crippen LogP contribution is -2.12. The highest BCUT2D eigenvalue weighted by atomic mass is 16.5. The zero-order chi connectivity index (χ0) is 12.3. The van der Waals surface area contributed by atoms with Crippen molar-refractivity contribution in [2.45, 2.75) is 33.3 Å². The maximum absolute atomic E-state index is 11.5. The predicted octanol–water partition coefficient (Wildman–Crippen LogP) is 2.32. The van der Waals surface area contributed by atoms with Crippen LogP contribution in [0.5, 0.6) is 5.75 Å². The van der Waals surface area contributed by atoms with Crippen molar-refractivity contribution >= 4 is 5.78 Å². The molecule has 0 aliphatic carbocycles. The molecule has 16 heavy (non-hydrogen) atoms. The van der Waals surface area contributed by atoms with E-state index in [1.165, 1.54) is 0 Å². The van der Waals surface area contributed by atoms with Gasteiger partial charge in [-0.25, -0.2) is 0 Å². The second-order valence-corrected chi connectivity index (χ2v) is 3.93. The first-order valence-electron chi connectivity index (χ1n) is 5.37. The highest BCUT2D eigenvalue weighted by molar-refractivity contribution is 5.84. The number of aliphatic hydroxyl groups excluding tert-OH is 1. The molecule has 0 aromatic heterocycles. The van der Waals surface area contributed by atoms with Crippen molar-refractivity contribution in [1.82, 2.24) is 0 Å². The highest BCUT2D eigenvalue weighted by Crippen LogP contribution is 2.30. The van der Waals surface area contributed by atoms with Crippen LogP contribution in [0.3, 0.4) is 0 Å². The molecule has 1 aromatic carbocycles. The van der Waals surface area contributed by atoms with Crippen LogP contribution in [0.2, 0.25) is 0 Å². The molecular formula is C13H18O3. The van der Waals surface area contributed by atoms with Crippen LogP contribution in [0, 0.1) is 13.8 Å². The molecule has 3 nitrogen and oxygen atoms in total. The summed E-state index contributed by atoms with van der Waals surface area (Å²) in [5.74, 6) is 0.406. The summed E-state index contributed by atoms with van der Waals surface area (Å²) in [6.45, 7) is 5.57. The Morgan fingerprint density at radius 1 is 1.44 bits per heavy atom. The summed E-state index contributed by atoms with van der Waals surface area (Å²) in [6, 6.07) is 3.76. The van der Waals surface area contributed by atoms with E-state index in [1.807, 2.05) is 19.9 Å². The van der Waals surface area contributed by atoms with Gasteiger partial charge in [0.25, 0.3) is 0 Å². The number of ether oxygens (including phenoxy) is 1. The van der Waals surface area contributed by atoms with Gasteiger partial charge in [-0.05, 0) is 25.5 Å². The summed E-state index contributed by atoms with van der Waals surface area (Å²) in [7, 11) is 1.55. The first-order chi connectivity index (χ1) is 7.51. The molecule has 0 radical (unpaired) electrons. The summed E-state index contributed by atoms with van der Waals surface area (Å²) in [6.07, 6.45) is -0.768. The number of hydrogen-bond acceptors (Lipinski definition) is 3. The van der Waals surface area contributed by atoms with Crippen LogP contribution in [0.4, 0.5) is 0 Å². The fourth-order valence-corrected chi connectivity index (χ4v) is 1.84. The average Bonchev–Trinajstić information content (AvgIpc) is 2.26. The number of hydrogen-bond donors (Lipinski definition) is 1. The Morgan fingerprint density at radius 3 is 2.56 bits per heavy atom. The van der Waals surface area contributed by atoms with Gasteiger partial charge in [-0.2, -0.15) is 0 Å². The number of aliphatic hydroxyl groups is 1. The van der Waals surface area contributed by atoms with Gasteiger partial charge in [0.15, 0.2) is 5.78 Å². The van der Waals surface area contributed by atoms with E-state index in [1.54, 1.807) is 20.1 Å². The lowest BCUT2D eigenvalue weighted by atomic mass is 9.98. The largest absolute Gasteiger partial charge is 0.496 e. The van der Waals surface area contributed by atoms with Crippen LogP contribution < -0.4 is 4.74 Å². The third kappa shape index (κ3) is 2.42. The Hall–Kier alpha value is -1.35. The molecule has 0 saturated heterocycles. The quantitative estimate of drug-likeness (QED) is 0.850. The van der Waals surface area contributed by atoms with Crippen molar-refractivity contribution < 1.29 is 14.6 Å². The molecular weight excluding hydrogens is 204 g/mol. The third-order valence-corrected chi connectivity index (χ3v) is 2.60. The monoisotopic (exact) mass is 222 g/mol. The van der Waals surface area contributed by atoms with Crippen molar-refractivity contribution in [3.63, 3.8) is 0 Å². The molecule has 3 heteroatoms. The van der Waals surface area contributed by atoms with E-state index < -0.39 is 6.10 Å². The standard InChI is InChI=1S/C13H18O3/c1-5-11(14)12(15)10-7-8(2)6-9(3)13(10)16-4/h6-7,12,15H,5H2,1-4H3. The van der Waals surface area contributed by atoms with E-state index in [4.69, 9.17) is 4.74 Å². The third-order valence-electron chi connectivity index (χ3n) is 2.60. The van der Waals surface area contributed by atoms with Gasteiger partial charge in [0.05, 0.1) is 7.11 Å². The molecule has 0 fully saturated rings. The molecule has 0 bridgehead atoms. The van der Waals surface area contributed by atoms with E-state index >= 15 is 0 Å². The van der Waals surface area contributed by atoms with E-state index in [-0.39, 0.29) is 5.78 Å². The van der Waals surface area contributed by atoms with Crippen molar-refractivity contribution in [2.75, 3.05) is 7.11 Å². The molecule has 0 amide bonds. The fraction of sp³-hybridized carbons (Fsp3) is 0.462. The number of ketones is 1. The van der Waals surface area contributed by atoms with Gasteiger partial charge in [0, 0.05) is 12.0 Å². The summed E-state index contributed by atoms with van der Waals surface area (Å²) in [5.41, 5.74) is 2.50. The van der Waals surface area contributed by atoms with Crippen LogP contribution >= 0.6 is 0 Å². The maximum atomic E-state index is 11.5. The SMILES string of the molecule is CCC(=O)C(O)c1cc(C)cc(C)c1OC. The van der Waals surface area contributed by atoms with E-state index in [2.05, 4.69) is 0 Å². The summed E-state index contributed by atoms with van der Waals surface area (Å²) < 4.78 is 5.23. The number of rotatable bonds is 4. The number of methoxy groups -OCH3 is 1. The first kappa shape index (κ1) is 12.7. The van der Waals surface area contributed by atoms with E-state index in [9.17, 15) is 9.90 Å². The van der Waals surface area contributed by atoms with Crippen molar-refractivity contribution in [2.24, 2.45) is 0 Å². The van der Waals surface area contributed by atoms with Gasteiger partial charge in [-0.15, -0.1) is 0 Å². The maximum Gasteiger partial charge on any atom is 0.165 e. The van der Waals surface area contributed by atoms with Crippen LogP contribution in [0.25, 0.3) is 0 Å². The van der Waals surface area contributed by atoms with E-state index in [0.29, 0.717) is 17.7 Å². The Labute approximate surface area is 96.1 Å². The smallest absolute Gasteiger partial charge is 0.165 e. The minimum absolute atomic E-state index is 0.191.